The van der Waals surface area contributed by atoms with Crippen LogP contribution in [0.25, 0.3) is 0 Å². The van der Waals surface area contributed by atoms with Gasteiger partial charge in [-0.15, -0.1) is 0 Å². The van der Waals surface area contributed by atoms with E-state index in [0.717, 1.165) is 0 Å². The topological polar surface area (TPSA) is 0 Å². The van der Waals surface area contributed by atoms with E-state index in [9.17, 15) is 21.0 Å². The molecule has 0 aliphatic rings. The number of rotatable bonds is 0. The maximum absolute atomic E-state index is 9.84. The van der Waals surface area contributed by atoms with Crippen LogP contribution in [0.2, 0.25) is 0 Å². The van der Waals surface area contributed by atoms with Crippen LogP contribution in [0, 0.1) is 0 Å². The molecule has 7 heteroatoms. The predicted octanol–water partition coefficient (Wildman–Crippen LogP) is 2.96. The molecule has 0 atom stereocenters. The minimum absolute atomic E-state index is 0. The zero-order chi connectivity index (χ0) is 5.45. The predicted molar refractivity (Wildman–Crippen MR) is 12.5 cm³/mol. The molecule has 0 aliphatic heterocycles. The summed E-state index contributed by atoms with van der Waals surface area (Å²) in [6.45, 7) is 0. The first-order valence-electron chi connectivity index (χ1n) is 0.845. The average Bonchev–Trinajstić information content (AvgIpc) is 0.650. The molecule has 1 radical (unpaired) electrons. The van der Waals surface area contributed by atoms with E-state index < -0.39 is 8.16 Å². The second kappa shape index (κ2) is 1.83. The molecule has 0 saturated heterocycles. The Kier molecular flexibility index (Phi) is 2.76. The molecule has 0 rings (SSSR count). The first-order valence-corrected chi connectivity index (χ1v) is 2.54. The average molecular weight is 185 g/mol. The number of hydrogen-bond acceptors (Lipinski definition) is 0. The standard InChI is InChI=1S/Co.F5P/c;1-6(2,3,4)5. The second-order valence-corrected chi connectivity index (χ2v) is 1.92. The van der Waals surface area contributed by atoms with Crippen molar-refractivity contribution in [2.24, 2.45) is 0 Å². The Morgan fingerprint density at radius 3 is 0.714 bits per heavy atom. The summed E-state index contributed by atoms with van der Waals surface area (Å²) in [6.07, 6.45) is 0. The molecule has 0 unspecified atom stereocenters. The minimum Gasteiger partial charge on any atom is 0 e. The Morgan fingerprint density at radius 1 is 0.714 bits per heavy atom. The fourth-order valence-corrected chi connectivity index (χ4v) is 0. The van der Waals surface area contributed by atoms with E-state index in [4.69, 9.17) is 0 Å². The fourth-order valence-electron chi connectivity index (χ4n) is 0. The summed E-state index contributed by atoms with van der Waals surface area (Å²) >= 11 is 0. The molecule has 0 aromatic carbocycles. The van der Waals surface area contributed by atoms with Crippen molar-refractivity contribution in [1.29, 1.82) is 0 Å². The SMILES string of the molecule is FP(F)(F)(F)F.[Co]. The van der Waals surface area contributed by atoms with Gasteiger partial charge in [0.2, 0.25) is 0 Å². The molecule has 0 aliphatic carbocycles. The maximum atomic E-state index is 9.84. The molecule has 0 aromatic rings. The Bertz CT molecular complexity index is 41.3. The summed E-state index contributed by atoms with van der Waals surface area (Å²) in [5.74, 6) is 0. The Hall–Kier alpha value is 0.586. The summed E-state index contributed by atoms with van der Waals surface area (Å²) in [4.78, 5) is 0. The van der Waals surface area contributed by atoms with Gasteiger partial charge < -0.3 is 0 Å². The molecule has 0 bridgehead atoms. The largest absolute Gasteiger partial charge is 0 e. The van der Waals surface area contributed by atoms with Gasteiger partial charge in [-0.1, -0.05) is 0 Å². The molecule has 0 N–H and O–H groups in total. The van der Waals surface area contributed by atoms with Crippen molar-refractivity contribution >= 4 is 8.16 Å². The van der Waals surface area contributed by atoms with Crippen LogP contribution in [0.5, 0.6) is 0 Å². The quantitative estimate of drug-likeness (QED) is 0.401. The smallest absolute Gasteiger partial charge is 0 e. The Balaban J connectivity index is 0. The monoisotopic (exact) mass is 185 g/mol. The van der Waals surface area contributed by atoms with Crippen molar-refractivity contribution in [3.63, 3.8) is 0 Å². The van der Waals surface area contributed by atoms with Gasteiger partial charge in [0.05, 0.1) is 0 Å². The van der Waals surface area contributed by atoms with E-state index in [1.54, 1.807) is 0 Å². The van der Waals surface area contributed by atoms with Gasteiger partial charge in [-0.3, -0.25) is 0 Å². The molecule has 49 valence electrons. The van der Waals surface area contributed by atoms with Crippen LogP contribution in [-0.4, -0.2) is 0 Å². The summed E-state index contributed by atoms with van der Waals surface area (Å²) in [5.41, 5.74) is 0. The molecule has 0 aromatic heterocycles. The molecule has 7 heavy (non-hydrogen) atoms. The Morgan fingerprint density at radius 2 is 0.714 bits per heavy atom. The summed E-state index contributed by atoms with van der Waals surface area (Å²) in [5, 5.41) is 0. The van der Waals surface area contributed by atoms with E-state index in [-0.39, 0.29) is 16.8 Å². The van der Waals surface area contributed by atoms with Crippen molar-refractivity contribution in [2.45, 2.75) is 0 Å². The van der Waals surface area contributed by atoms with Gasteiger partial charge in [-0.25, -0.2) is 0 Å². The number of hydrogen-bond donors (Lipinski definition) is 0. The zero-order valence-corrected chi connectivity index (χ0v) is 4.61. The van der Waals surface area contributed by atoms with Crippen molar-refractivity contribution in [2.75, 3.05) is 0 Å². The van der Waals surface area contributed by atoms with Gasteiger partial charge in [0.1, 0.15) is 0 Å². The molecule has 0 saturated carbocycles. The molecule has 0 amide bonds. The zero-order valence-electron chi connectivity index (χ0n) is 2.67. The van der Waals surface area contributed by atoms with Gasteiger partial charge in [0.25, 0.3) is 0 Å². The Labute approximate surface area is 46.8 Å². The van der Waals surface area contributed by atoms with Crippen LogP contribution in [0.3, 0.4) is 0 Å². The molecule has 0 spiro atoms. The van der Waals surface area contributed by atoms with Crippen molar-refractivity contribution in [3.8, 4) is 0 Å². The van der Waals surface area contributed by atoms with Crippen molar-refractivity contribution < 1.29 is 37.8 Å². The van der Waals surface area contributed by atoms with Crippen LogP contribution in [0.15, 0.2) is 0 Å². The summed E-state index contributed by atoms with van der Waals surface area (Å²) in [7, 11) is -8.55. The van der Waals surface area contributed by atoms with Gasteiger partial charge in [0.15, 0.2) is 0 Å². The third-order valence-electron chi connectivity index (χ3n) is 0. The molecule has 0 heterocycles. The van der Waals surface area contributed by atoms with E-state index in [2.05, 4.69) is 0 Å². The van der Waals surface area contributed by atoms with Crippen molar-refractivity contribution in [1.82, 2.24) is 0 Å². The first-order chi connectivity index (χ1) is 2.24. The molecular formula is CoF5P. The maximum Gasteiger partial charge on any atom is 0 e. The minimum atomic E-state index is -8.55. The summed E-state index contributed by atoms with van der Waals surface area (Å²) < 4.78 is 49.2. The van der Waals surface area contributed by atoms with Gasteiger partial charge in [0, 0.05) is 16.8 Å². The van der Waals surface area contributed by atoms with Gasteiger partial charge >= 0.3 is 29.1 Å². The van der Waals surface area contributed by atoms with E-state index in [1.165, 1.54) is 0 Å². The number of halogens is 5. The third-order valence-corrected chi connectivity index (χ3v) is 0. The normalized spacial score (nSPS) is 16.4. The van der Waals surface area contributed by atoms with Crippen LogP contribution in [-0.2, 0) is 16.8 Å². The van der Waals surface area contributed by atoms with Gasteiger partial charge in [-0.05, 0) is 0 Å². The molecule has 0 nitrogen and oxygen atoms in total. The van der Waals surface area contributed by atoms with Gasteiger partial charge in [-0.2, -0.15) is 0 Å². The van der Waals surface area contributed by atoms with Crippen LogP contribution in [0.1, 0.15) is 0 Å². The third kappa shape index (κ3) is 403. The fraction of sp³-hybridized carbons (Fsp3) is 0. The van der Waals surface area contributed by atoms with Crippen LogP contribution >= 0.6 is 8.16 Å². The van der Waals surface area contributed by atoms with E-state index in [1.807, 2.05) is 0 Å². The molecular weight excluding hydrogens is 185 g/mol. The second-order valence-electron chi connectivity index (χ2n) is 0.639. The molecule has 0 fully saturated rings. The first kappa shape index (κ1) is 10.5. The van der Waals surface area contributed by atoms with Crippen molar-refractivity contribution in [3.05, 3.63) is 0 Å². The van der Waals surface area contributed by atoms with Crippen LogP contribution in [0.4, 0.5) is 21.0 Å². The van der Waals surface area contributed by atoms with E-state index in [0.29, 0.717) is 0 Å². The van der Waals surface area contributed by atoms with E-state index >= 15 is 0 Å². The van der Waals surface area contributed by atoms with Crippen LogP contribution < -0.4 is 0 Å². The summed E-state index contributed by atoms with van der Waals surface area (Å²) in [6, 6.07) is 0.